The Labute approximate surface area is 197 Å². The van der Waals surface area contributed by atoms with Crippen molar-refractivity contribution in [1.29, 1.82) is 0 Å². The summed E-state index contributed by atoms with van der Waals surface area (Å²) in [6.45, 7) is 4.55. The maximum Gasteiger partial charge on any atom is 0.223 e. The number of nitrogens with one attached hydrogen (secondary N) is 3. The highest BCUT2D eigenvalue weighted by Crippen LogP contribution is 2.30. The molecule has 2 aliphatic rings. The molecule has 1 aromatic rings. The van der Waals surface area contributed by atoms with Gasteiger partial charge in [-0.05, 0) is 76.0 Å². The number of rotatable bonds is 5. The van der Waals surface area contributed by atoms with Gasteiger partial charge in [-0.25, -0.2) is 0 Å². The molecular weight excluding hydrogens is 491 g/mol. The van der Waals surface area contributed by atoms with Crippen LogP contribution in [0.15, 0.2) is 17.1 Å². The molecule has 30 heavy (non-hydrogen) atoms. The Morgan fingerprint density at radius 3 is 2.70 bits per heavy atom. The van der Waals surface area contributed by atoms with E-state index in [1.54, 1.807) is 7.05 Å². The van der Waals surface area contributed by atoms with Crippen molar-refractivity contribution in [2.75, 3.05) is 7.05 Å². The van der Waals surface area contributed by atoms with Crippen molar-refractivity contribution >= 4 is 35.8 Å². The van der Waals surface area contributed by atoms with Gasteiger partial charge in [0.1, 0.15) is 5.75 Å². The summed E-state index contributed by atoms with van der Waals surface area (Å²) in [6, 6.07) is 4.28. The summed E-state index contributed by atoms with van der Waals surface area (Å²) >= 11 is 0. The quantitative estimate of drug-likeness (QED) is 0.267. The van der Waals surface area contributed by atoms with Gasteiger partial charge in [-0.1, -0.05) is 12.5 Å². The summed E-state index contributed by atoms with van der Waals surface area (Å²) in [6.07, 6.45) is 8.38. The van der Waals surface area contributed by atoms with Crippen LogP contribution in [0.3, 0.4) is 0 Å². The number of nitrogens with zero attached hydrogens (tertiary/aromatic N) is 1. The topological polar surface area (TPSA) is 85.8 Å². The van der Waals surface area contributed by atoms with Crippen molar-refractivity contribution in [2.45, 2.75) is 83.8 Å². The van der Waals surface area contributed by atoms with E-state index in [2.05, 4.69) is 27.0 Å². The summed E-state index contributed by atoms with van der Waals surface area (Å²) in [5, 5.41) is 20.3. The van der Waals surface area contributed by atoms with Crippen LogP contribution >= 0.6 is 24.0 Å². The molecule has 1 fully saturated rings. The van der Waals surface area contributed by atoms with E-state index in [0.717, 1.165) is 50.0 Å². The number of phenolic OH excluding ortho intramolecular Hbond substituents is 1. The van der Waals surface area contributed by atoms with Gasteiger partial charge in [0.25, 0.3) is 0 Å². The molecule has 2 atom stereocenters. The third-order valence-electron chi connectivity index (χ3n) is 6.10. The third-order valence-corrected chi connectivity index (χ3v) is 6.10. The number of carbonyl (C=O) groups excluding carboxylic acids is 1. The van der Waals surface area contributed by atoms with Crippen LogP contribution in [-0.2, 0) is 24.2 Å². The second kappa shape index (κ2) is 11.8. The molecule has 4 N–H and O–H groups in total. The smallest absolute Gasteiger partial charge is 0.223 e. The van der Waals surface area contributed by atoms with Crippen LogP contribution in [0.1, 0.15) is 69.1 Å². The molecule has 0 aliphatic heterocycles. The standard InChI is InChI=1S/C23H36N4O2.HI/c1-15(2)26-22(29)17-8-6-9-18(13-17)27-23(24-3)25-14-20-19-10-5-4-7-16(19)11-12-21(20)28;/h11-12,15,17-18,28H,4-10,13-14H2,1-3H3,(H,26,29)(H2,24,25,27);1H. The van der Waals surface area contributed by atoms with Crippen molar-refractivity contribution in [3.8, 4) is 5.75 Å². The zero-order valence-electron chi connectivity index (χ0n) is 18.5. The van der Waals surface area contributed by atoms with E-state index in [1.807, 2.05) is 19.9 Å². The Hall–Kier alpha value is -1.51. The molecular formula is C23H37IN4O2. The zero-order valence-corrected chi connectivity index (χ0v) is 20.8. The fourth-order valence-electron chi connectivity index (χ4n) is 4.61. The van der Waals surface area contributed by atoms with Crippen LogP contribution < -0.4 is 16.0 Å². The molecule has 2 aliphatic carbocycles. The molecule has 0 spiro atoms. The number of phenols is 1. The Kier molecular flexibility index (Phi) is 9.71. The van der Waals surface area contributed by atoms with Crippen molar-refractivity contribution < 1.29 is 9.90 Å². The number of hydrogen-bond acceptors (Lipinski definition) is 3. The van der Waals surface area contributed by atoms with Crippen LogP contribution in [0.4, 0.5) is 0 Å². The number of aromatic hydroxyl groups is 1. The molecule has 0 saturated heterocycles. The average molecular weight is 528 g/mol. The minimum absolute atomic E-state index is 0. The molecule has 2 unspecified atom stereocenters. The summed E-state index contributed by atoms with van der Waals surface area (Å²) in [4.78, 5) is 16.8. The summed E-state index contributed by atoms with van der Waals surface area (Å²) in [5.41, 5.74) is 3.64. The monoisotopic (exact) mass is 528 g/mol. The summed E-state index contributed by atoms with van der Waals surface area (Å²) in [7, 11) is 1.77. The first-order chi connectivity index (χ1) is 14.0. The highest BCUT2D eigenvalue weighted by Gasteiger charge is 2.28. The molecule has 0 heterocycles. The van der Waals surface area contributed by atoms with E-state index in [4.69, 9.17) is 0 Å². The highest BCUT2D eigenvalue weighted by atomic mass is 127. The molecule has 6 nitrogen and oxygen atoms in total. The first-order valence-electron chi connectivity index (χ1n) is 11.1. The zero-order chi connectivity index (χ0) is 20.8. The van der Waals surface area contributed by atoms with Crippen molar-refractivity contribution in [1.82, 2.24) is 16.0 Å². The van der Waals surface area contributed by atoms with E-state index in [1.165, 1.54) is 24.0 Å². The number of benzene rings is 1. The van der Waals surface area contributed by atoms with Gasteiger partial charge in [-0.3, -0.25) is 9.79 Å². The number of guanidine groups is 1. The second-order valence-corrected chi connectivity index (χ2v) is 8.70. The van der Waals surface area contributed by atoms with Gasteiger partial charge in [0.05, 0.1) is 0 Å². The normalized spacial score (nSPS) is 21.4. The van der Waals surface area contributed by atoms with Crippen LogP contribution in [-0.4, -0.2) is 36.1 Å². The van der Waals surface area contributed by atoms with Crippen molar-refractivity contribution in [3.63, 3.8) is 0 Å². The first-order valence-corrected chi connectivity index (χ1v) is 11.1. The Bertz CT molecular complexity index is 751. The van der Waals surface area contributed by atoms with Crippen LogP contribution in [0, 0.1) is 5.92 Å². The fourth-order valence-corrected chi connectivity index (χ4v) is 4.61. The van der Waals surface area contributed by atoms with Gasteiger partial charge in [0, 0.05) is 37.2 Å². The third kappa shape index (κ3) is 6.49. The van der Waals surface area contributed by atoms with E-state index in [-0.39, 0.29) is 47.9 Å². The lowest BCUT2D eigenvalue weighted by Crippen LogP contribution is -2.47. The van der Waals surface area contributed by atoms with Gasteiger partial charge < -0.3 is 21.1 Å². The van der Waals surface area contributed by atoms with Crippen molar-refractivity contribution in [2.24, 2.45) is 10.9 Å². The molecule has 168 valence electrons. The van der Waals surface area contributed by atoms with Crippen LogP contribution in [0.25, 0.3) is 0 Å². The predicted molar refractivity (Wildman–Crippen MR) is 133 cm³/mol. The average Bonchev–Trinajstić information content (AvgIpc) is 2.71. The number of aryl methyl sites for hydroxylation is 1. The Morgan fingerprint density at radius 1 is 1.20 bits per heavy atom. The van der Waals surface area contributed by atoms with Gasteiger partial charge in [-0.2, -0.15) is 0 Å². The fraction of sp³-hybridized carbons (Fsp3) is 0.652. The lowest BCUT2D eigenvalue weighted by molar-refractivity contribution is -0.126. The number of halogens is 1. The molecule has 1 saturated carbocycles. The number of carbonyl (C=O) groups is 1. The van der Waals surface area contributed by atoms with Crippen LogP contribution in [0.2, 0.25) is 0 Å². The van der Waals surface area contributed by atoms with Crippen molar-refractivity contribution in [3.05, 3.63) is 28.8 Å². The lowest BCUT2D eigenvalue weighted by Gasteiger charge is -2.30. The number of fused-ring (bicyclic) bond motifs is 1. The molecule has 0 bridgehead atoms. The Balaban J connectivity index is 0.00000320. The Morgan fingerprint density at radius 2 is 1.97 bits per heavy atom. The number of hydrogen-bond donors (Lipinski definition) is 4. The van der Waals surface area contributed by atoms with Crippen LogP contribution in [0.5, 0.6) is 5.75 Å². The molecule has 7 heteroatoms. The highest BCUT2D eigenvalue weighted by molar-refractivity contribution is 14.0. The predicted octanol–water partition coefficient (Wildman–Crippen LogP) is 3.64. The largest absolute Gasteiger partial charge is 0.508 e. The van der Waals surface area contributed by atoms with Gasteiger partial charge >= 0.3 is 0 Å². The number of aliphatic imine (C=N–C) groups is 1. The molecule has 1 aromatic carbocycles. The van der Waals surface area contributed by atoms with E-state index < -0.39 is 0 Å². The minimum atomic E-state index is 0. The van der Waals surface area contributed by atoms with E-state index in [9.17, 15) is 9.90 Å². The minimum Gasteiger partial charge on any atom is -0.508 e. The molecule has 0 radical (unpaired) electrons. The second-order valence-electron chi connectivity index (χ2n) is 8.70. The molecule has 3 rings (SSSR count). The van der Waals surface area contributed by atoms with Gasteiger partial charge in [-0.15, -0.1) is 24.0 Å². The summed E-state index contributed by atoms with van der Waals surface area (Å²) < 4.78 is 0. The van der Waals surface area contributed by atoms with Gasteiger partial charge in [0.15, 0.2) is 5.96 Å². The maximum atomic E-state index is 12.4. The molecule has 1 amide bonds. The summed E-state index contributed by atoms with van der Waals surface area (Å²) in [5.74, 6) is 1.31. The SMILES string of the molecule is CN=C(NCc1c(O)ccc2c1CCCC2)NC1CCCC(C(=O)NC(C)C)C1.I. The lowest BCUT2D eigenvalue weighted by atomic mass is 9.85. The number of amides is 1. The maximum absolute atomic E-state index is 12.4. The van der Waals surface area contributed by atoms with Gasteiger partial charge in [0.2, 0.25) is 5.91 Å². The first kappa shape index (κ1) is 24.8. The van der Waals surface area contributed by atoms with E-state index in [0.29, 0.717) is 12.3 Å². The van der Waals surface area contributed by atoms with E-state index >= 15 is 0 Å². The molecule has 0 aromatic heterocycles.